The van der Waals surface area contributed by atoms with E-state index in [0.29, 0.717) is 0 Å². The third kappa shape index (κ3) is 2.44. The van der Waals surface area contributed by atoms with Crippen molar-refractivity contribution in [3.63, 3.8) is 0 Å². The standard InChI is InChI=1S/C18H18N2/c19-12-18(20)15-8-4-7-14(9-15)17-10-16(11-17)13-5-2-1-3-6-13/h1-2,4-5,7-9,12,18-19H,3,6,10,20H2. The van der Waals surface area contributed by atoms with Crippen LogP contribution < -0.4 is 5.73 Å². The first-order valence-electron chi connectivity index (χ1n) is 6.99. The maximum atomic E-state index is 7.26. The van der Waals surface area contributed by atoms with Crippen LogP contribution in [0.15, 0.2) is 59.4 Å². The van der Waals surface area contributed by atoms with Crippen LogP contribution in [0.4, 0.5) is 0 Å². The second-order valence-electron chi connectivity index (χ2n) is 5.24. The molecular formula is C18H18N2. The molecule has 1 aromatic carbocycles. The van der Waals surface area contributed by atoms with Gasteiger partial charge in [-0.05, 0) is 35.6 Å². The lowest BCUT2D eigenvalue weighted by Gasteiger charge is -2.20. The molecule has 2 aliphatic rings. The third-order valence-electron chi connectivity index (χ3n) is 3.86. The fourth-order valence-corrected chi connectivity index (χ4v) is 2.59. The molecule has 2 heteroatoms. The van der Waals surface area contributed by atoms with Crippen molar-refractivity contribution in [3.05, 3.63) is 70.5 Å². The highest BCUT2D eigenvalue weighted by Crippen LogP contribution is 2.36. The highest BCUT2D eigenvalue weighted by molar-refractivity contribution is 5.76. The van der Waals surface area contributed by atoms with Gasteiger partial charge in [-0.25, -0.2) is 0 Å². The van der Waals surface area contributed by atoms with Crippen LogP contribution in [0.1, 0.15) is 36.4 Å². The molecule has 0 saturated carbocycles. The van der Waals surface area contributed by atoms with Crippen molar-refractivity contribution in [3.8, 4) is 0 Å². The van der Waals surface area contributed by atoms with E-state index in [0.717, 1.165) is 24.8 Å². The molecule has 3 rings (SSSR count). The van der Waals surface area contributed by atoms with Crippen LogP contribution in [-0.4, -0.2) is 6.21 Å². The van der Waals surface area contributed by atoms with Gasteiger partial charge in [-0.2, -0.15) is 0 Å². The minimum absolute atomic E-state index is 0.315. The van der Waals surface area contributed by atoms with Crippen LogP contribution >= 0.6 is 0 Å². The van der Waals surface area contributed by atoms with Crippen LogP contribution in [-0.2, 0) is 0 Å². The molecule has 1 atom stereocenters. The van der Waals surface area contributed by atoms with Gasteiger partial charge in [0.2, 0.25) is 0 Å². The van der Waals surface area contributed by atoms with Gasteiger partial charge >= 0.3 is 0 Å². The van der Waals surface area contributed by atoms with E-state index >= 15 is 0 Å². The monoisotopic (exact) mass is 262 g/mol. The molecule has 1 aromatic rings. The summed E-state index contributed by atoms with van der Waals surface area (Å²) in [6.07, 6.45) is 11.1. The van der Waals surface area contributed by atoms with E-state index in [1.54, 1.807) is 0 Å². The Bertz CT molecular complexity index is 670. The van der Waals surface area contributed by atoms with Gasteiger partial charge in [0.15, 0.2) is 0 Å². The van der Waals surface area contributed by atoms with Gasteiger partial charge in [-0.1, -0.05) is 36.4 Å². The maximum Gasteiger partial charge on any atom is 0.0648 e. The second kappa shape index (κ2) is 5.46. The van der Waals surface area contributed by atoms with E-state index in [-0.39, 0.29) is 6.04 Å². The Kier molecular flexibility index (Phi) is 3.51. The Balaban J connectivity index is 1.88. The van der Waals surface area contributed by atoms with Crippen LogP contribution in [0.3, 0.4) is 0 Å². The molecule has 20 heavy (non-hydrogen) atoms. The topological polar surface area (TPSA) is 49.9 Å². The smallest absolute Gasteiger partial charge is 0.0648 e. The molecule has 0 fully saturated rings. The van der Waals surface area contributed by atoms with Crippen molar-refractivity contribution in [1.82, 2.24) is 0 Å². The molecule has 0 aromatic heterocycles. The largest absolute Gasteiger partial charge is 0.320 e. The Morgan fingerprint density at radius 3 is 2.85 bits per heavy atom. The van der Waals surface area contributed by atoms with Gasteiger partial charge in [-0.15, -0.1) is 5.73 Å². The zero-order valence-electron chi connectivity index (χ0n) is 11.4. The molecule has 0 spiro atoms. The van der Waals surface area contributed by atoms with Crippen LogP contribution in [0.25, 0.3) is 5.57 Å². The molecule has 2 aliphatic carbocycles. The summed E-state index contributed by atoms with van der Waals surface area (Å²) >= 11 is 0. The van der Waals surface area contributed by atoms with Crippen LogP contribution in [0, 0.1) is 5.41 Å². The Morgan fingerprint density at radius 2 is 2.15 bits per heavy atom. The quantitative estimate of drug-likeness (QED) is 0.627. The Morgan fingerprint density at radius 1 is 1.30 bits per heavy atom. The summed E-state index contributed by atoms with van der Waals surface area (Å²) in [5.41, 5.74) is 15.5. The predicted molar refractivity (Wildman–Crippen MR) is 83.7 cm³/mol. The van der Waals surface area contributed by atoms with Crippen molar-refractivity contribution >= 4 is 11.8 Å². The first-order chi connectivity index (χ1) is 9.78. The summed E-state index contributed by atoms with van der Waals surface area (Å²) in [5.74, 6) is 0. The summed E-state index contributed by atoms with van der Waals surface area (Å²) in [5, 5.41) is 7.26. The molecule has 0 bridgehead atoms. The maximum absolute atomic E-state index is 7.26. The Hall–Kier alpha value is -2.15. The molecule has 0 aliphatic heterocycles. The van der Waals surface area contributed by atoms with Crippen molar-refractivity contribution in [2.24, 2.45) is 5.73 Å². The number of rotatable bonds is 4. The number of nitrogens with one attached hydrogen (secondary N) is 1. The van der Waals surface area contributed by atoms with Gasteiger partial charge in [0.05, 0.1) is 6.04 Å². The zero-order chi connectivity index (χ0) is 13.9. The minimum atomic E-state index is -0.315. The normalized spacial score (nSPS) is 18.6. The molecule has 100 valence electrons. The molecule has 2 nitrogen and oxygen atoms in total. The molecule has 0 heterocycles. The SMILES string of the molecule is N=CC(N)c1cccc(C2=C=C(C3=CC=CCC3)C2)c1. The van der Waals surface area contributed by atoms with Crippen molar-refractivity contribution < 1.29 is 0 Å². The second-order valence-corrected chi connectivity index (χ2v) is 5.24. The highest BCUT2D eigenvalue weighted by Gasteiger charge is 2.17. The lowest BCUT2D eigenvalue weighted by molar-refractivity contribution is 0.948. The predicted octanol–water partition coefficient (Wildman–Crippen LogP) is 3.92. The summed E-state index contributed by atoms with van der Waals surface area (Å²) < 4.78 is 0. The van der Waals surface area contributed by atoms with E-state index in [1.165, 1.54) is 28.5 Å². The van der Waals surface area contributed by atoms with Gasteiger partial charge in [-0.3, -0.25) is 0 Å². The molecular weight excluding hydrogens is 244 g/mol. The molecule has 1 unspecified atom stereocenters. The van der Waals surface area contributed by atoms with Crippen molar-refractivity contribution in [2.45, 2.75) is 25.3 Å². The van der Waals surface area contributed by atoms with Crippen molar-refractivity contribution in [2.75, 3.05) is 0 Å². The van der Waals surface area contributed by atoms with E-state index in [9.17, 15) is 0 Å². The lowest BCUT2D eigenvalue weighted by Crippen LogP contribution is -2.11. The van der Waals surface area contributed by atoms with E-state index in [4.69, 9.17) is 11.1 Å². The van der Waals surface area contributed by atoms with Gasteiger partial charge < -0.3 is 11.1 Å². The number of hydrogen-bond acceptors (Lipinski definition) is 2. The van der Waals surface area contributed by atoms with Crippen LogP contribution in [0.2, 0.25) is 0 Å². The molecule has 0 amide bonds. The summed E-state index contributed by atoms with van der Waals surface area (Å²) in [6, 6.07) is 7.82. The summed E-state index contributed by atoms with van der Waals surface area (Å²) in [6.45, 7) is 0. The van der Waals surface area contributed by atoms with Crippen LogP contribution in [0.5, 0.6) is 0 Å². The van der Waals surface area contributed by atoms with E-state index < -0.39 is 0 Å². The number of benzene rings is 1. The molecule has 0 saturated heterocycles. The first-order valence-corrected chi connectivity index (χ1v) is 6.99. The van der Waals surface area contributed by atoms with E-state index in [2.05, 4.69) is 36.1 Å². The van der Waals surface area contributed by atoms with Crippen molar-refractivity contribution in [1.29, 1.82) is 5.41 Å². The molecule has 3 N–H and O–H groups in total. The lowest BCUT2D eigenvalue weighted by atomic mass is 9.84. The van der Waals surface area contributed by atoms with E-state index in [1.807, 2.05) is 12.1 Å². The van der Waals surface area contributed by atoms with Gasteiger partial charge in [0, 0.05) is 23.8 Å². The number of hydrogen-bond donors (Lipinski definition) is 2. The van der Waals surface area contributed by atoms with Gasteiger partial charge in [0.25, 0.3) is 0 Å². The Labute approximate surface area is 119 Å². The first kappa shape index (κ1) is 12.9. The average Bonchev–Trinajstić information content (AvgIpc) is 2.46. The highest BCUT2D eigenvalue weighted by atomic mass is 14.6. The molecule has 0 radical (unpaired) electrons. The number of nitrogens with two attached hydrogens (primary N) is 1. The summed E-state index contributed by atoms with van der Waals surface area (Å²) in [4.78, 5) is 0. The van der Waals surface area contributed by atoms with Gasteiger partial charge in [0.1, 0.15) is 0 Å². The minimum Gasteiger partial charge on any atom is -0.320 e. The fourth-order valence-electron chi connectivity index (χ4n) is 2.59. The third-order valence-corrected chi connectivity index (χ3v) is 3.86. The fraction of sp³-hybridized carbons (Fsp3) is 0.222. The summed E-state index contributed by atoms with van der Waals surface area (Å²) in [7, 11) is 0. The number of allylic oxidation sites excluding steroid dienone is 5. The average molecular weight is 262 g/mol. The zero-order valence-corrected chi connectivity index (χ0v) is 11.4.